The van der Waals surface area contributed by atoms with Gasteiger partial charge in [-0.1, -0.05) is 440 Å². The van der Waals surface area contributed by atoms with E-state index >= 15 is 0 Å². The van der Waals surface area contributed by atoms with Crippen molar-refractivity contribution in [2.24, 2.45) is 11.8 Å². The fourth-order valence-corrected chi connectivity index (χ4v) is 15.9. The van der Waals surface area contributed by atoms with Crippen molar-refractivity contribution in [2.45, 2.75) is 509 Å². The quantitative estimate of drug-likeness (QED) is 0.0222. The van der Waals surface area contributed by atoms with Crippen LogP contribution >= 0.6 is 15.6 Å². The maximum absolute atomic E-state index is 13.2. The molecule has 0 saturated heterocycles. The Morgan fingerprint density at radius 1 is 0.264 bits per heavy atom. The van der Waals surface area contributed by atoms with Crippen LogP contribution in [0.25, 0.3) is 0 Å². The molecule has 0 aliphatic rings. The zero-order valence-electron chi connectivity index (χ0n) is 72.6. The van der Waals surface area contributed by atoms with Gasteiger partial charge >= 0.3 is 39.5 Å². The molecule has 0 rings (SSSR count). The molecule has 0 aromatic carbocycles. The molecular formula is C91H178O17P2. The number of phosphoric ester groups is 2. The summed E-state index contributed by atoms with van der Waals surface area (Å²) in [6.45, 7) is 9.76. The normalized spacial score (nSPS) is 14.0. The Kier molecular flexibility index (Phi) is 80.7. The van der Waals surface area contributed by atoms with Crippen LogP contribution in [0.3, 0.4) is 0 Å². The Morgan fingerprint density at radius 2 is 0.464 bits per heavy atom. The second-order valence-electron chi connectivity index (χ2n) is 33.4. The van der Waals surface area contributed by atoms with Crippen molar-refractivity contribution < 1.29 is 80.2 Å². The largest absolute Gasteiger partial charge is 0.472 e. The Morgan fingerprint density at radius 3 is 0.691 bits per heavy atom. The van der Waals surface area contributed by atoms with Gasteiger partial charge in [-0.25, -0.2) is 9.13 Å². The standard InChI is InChI=1S/C91H178O17P2/c1-7-10-12-14-16-18-20-22-23-24-25-26-27-28-32-35-38-44-50-56-62-68-74-89(94)102-80-86(107-90(95)75-69-63-57-51-45-39-36-33-30-29-31-34-37-42-48-54-60-66-72-84(6)9-3)81-105-109(97,98)103-77-85(92)78-104-110(99,100)106-82-87(79-101-88(93)73-67-61-55-49-43-21-19-17-15-13-11-8-2)108-91(96)76-70-64-58-52-46-40-41-47-53-59-65-71-83(4)5/h83-87,92H,7-82H2,1-6H3,(H,97,98)(H,99,100)/t84?,85-,86-,87-/m1/s1. The van der Waals surface area contributed by atoms with Crippen LogP contribution in [-0.2, 0) is 65.4 Å². The van der Waals surface area contributed by atoms with Gasteiger partial charge in [-0.15, -0.1) is 0 Å². The fourth-order valence-electron chi connectivity index (χ4n) is 14.3. The van der Waals surface area contributed by atoms with Crippen LogP contribution < -0.4 is 0 Å². The number of ether oxygens (including phenoxy) is 4. The van der Waals surface area contributed by atoms with E-state index in [0.717, 1.165) is 102 Å². The molecule has 0 heterocycles. The van der Waals surface area contributed by atoms with Crippen molar-refractivity contribution in [3.05, 3.63) is 0 Å². The van der Waals surface area contributed by atoms with Crippen LogP contribution in [0.5, 0.6) is 0 Å². The first-order chi connectivity index (χ1) is 53.4. The van der Waals surface area contributed by atoms with Crippen molar-refractivity contribution in [2.75, 3.05) is 39.6 Å². The van der Waals surface area contributed by atoms with E-state index in [0.29, 0.717) is 25.7 Å². The van der Waals surface area contributed by atoms with Gasteiger partial charge in [0.05, 0.1) is 26.4 Å². The number of carbonyl (C=O) groups is 4. The zero-order chi connectivity index (χ0) is 80.6. The highest BCUT2D eigenvalue weighted by Crippen LogP contribution is 2.45. The molecule has 0 spiro atoms. The maximum Gasteiger partial charge on any atom is 0.472 e. The van der Waals surface area contributed by atoms with Gasteiger partial charge in [-0.3, -0.25) is 37.3 Å². The lowest BCUT2D eigenvalue weighted by Gasteiger charge is -2.21. The van der Waals surface area contributed by atoms with Crippen molar-refractivity contribution >= 4 is 39.5 Å². The Hall–Kier alpha value is -1.94. The van der Waals surface area contributed by atoms with Crippen LogP contribution in [0.4, 0.5) is 0 Å². The average molecular weight is 1610 g/mol. The summed E-state index contributed by atoms with van der Waals surface area (Å²) < 4.78 is 69.0. The monoisotopic (exact) mass is 1610 g/mol. The molecule has 3 unspecified atom stereocenters. The minimum Gasteiger partial charge on any atom is -0.462 e. The van der Waals surface area contributed by atoms with Gasteiger partial charge < -0.3 is 33.8 Å². The molecule has 0 fully saturated rings. The number of esters is 4. The fraction of sp³-hybridized carbons (Fsp3) is 0.956. The molecule has 0 bridgehead atoms. The van der Waals surface area contributed by atoms with E-state index in [2.05, 4.69) is 41.5 Å². The highest BCUT2D eigenvalue weighted by molar-refractivity contribution is 7.47. The van der Waals surface area contributed by atoms with Crippen molar-refractivity contribution in [3.8, 4) is 0 Å². The van der Waals surface area contributed by atoms with Crippen molar-refractivity contribution in [1.29, 1.82) is 0 Å². The number of rotatable bonds is 90. The van der Waals surface area contributed by atoms with Crippen molar-refractivity contribution in [3.63, 3.8) is 0 Å². The molecule has 0 radical (unpaired) electrons. The van der Waals surface area contributed by atoms with Crippen LogP contribution in [0.15, 0.2) is 0 Å². The summed E-state index contributed by atoms with van der Waals surface area (Å²) in [6, 6.07) is 0. The molecule has 19 heteroatoms. The van der Waals surface area contributed by atoms with E-state index in [1.807, 2.05) is 0 Å². The van der Waals surface area contributed by atoms with Crippen LogP contribution in [0, 0.1) is 11.8 Å². The molecule has 0 aliphatic heterocycles. The first-order valence-corrected chi connectivity index (χ1v) is 50.0. The van der Waals surface area contributed by atoms with Crippen molar-refractivity contribution in [1.82, 2.24) is 0 Å². The van der Waals surface area contributed by atoms with Gasteiger partial charge in [-0.05, 0) is 37.5 Å². The topological polar surface area (TPSA) is 237 Å². The summed E-state index contributed by atoms with van der Waals surface area (Å²) in [5, 5.41) is 10.7. The highest BCUT2D eigenvalue weighted by atomic mass is 31.2. The SMILES string of the molecule is CCCCCCCCCCCCCCCCCCCCCCCCC(=O)OC[C@H](COP(=O)(O)OC[C@@H](O)COP(=O)(O)OC[C@@H](COC(=O)CCCCCCCCCCCCCC)OC(=O)CCCCCCCCCCCCCC(C)C)OC(=O)CCCCCCCCCCCCCCCCCCCCC(C)CC. The summed E-state index contributed by atoms with van der Waals surface area (Å²) in [5.41, 5.74) is 0. The highest BCUT2D eigenvalue weighted by Gasteiger charge is 2.31. The third-order valence-electron chi connectivity index (χ3n) is 21.8. The number of carbonyl (C=O) groups excluding carboxylic acids is 4. The second-order valence-corrected chi connectivity index (χ2v) is 36.3. The van der Waals surface area contributed by atoms with Gasteiger partial charge in [0.25, 0.3) is 0 Å². The van der Waals surface area contributed by atoms with Gasteiger partial charge in [0, 0.05) is 25.7 Å². The Bertz CT molecular complexity index is 2100. The predicted octanol–water partition coefficient (Wildman–Crippen LogP) is 28.2. The first-order valence-electron chi connectivity index (χ1n) is 47.0. The van der Waals surface area contributed by atoms with E-state index in [9.17, 15) is 43.2 Å². The first kappa shape index (κ1) is 108. The zero-order valence-corrected chi connectivity index (χ0v) is 74.4. The van der Waals surface area contributed by atoms with Gasteiger partial charge in [0.1, 0.15) is 19.3 Å². The summed E-state index contributed by atoms with van der Waals surface area (Å²) in [7, 11) is -9.93. The lowest BCUT2D eigenvalue weighted by Crippen LogP contribution is -2.30. The van der Waals surface area contributed by atoms with E-state index in [-0.39, 0.29) is 25.7 Å². The number of hydrogen-bond donors (Lipinski definition) is 3. The molecule has 0 aliphatic carbocycles. The van der Waals surface area contributed by atoms with E-state index in [1.165, 1.54) is 308 Å². The summed E-state index contributed by atoms with van der Waals surface area (Å²) in [6.07, 6.45) is 76.5. The predicted molar refractivity (Wildman–Crippen MR) is 455 cm³/mol. The van der Waals surface area contributed by atoms with Gasteiger partial charge in [0.15, 0.2) is 12.2 Å². The number of unbranched alkanes of at least 4 members (excludes halogenated alkanes) is 59. The van der Waals surface area contributed by atoms with E-state index in [1.54, 1.807) is 0 Å². The summed E-state index contributed by atoms with van der Waals surface area (Å²) in [5.74, 6) is -0.460. The van der Waals surface area contributed by atoms with Gasteiger partial charge in [-0.2, -0.15) is 0 Å². The maximum atomic E-state index is 13.2. The molecule has 17 nitrogen and oxygen atoms in total. The Balaban J connectivity index is 5.22. The lowest BCUT2D eigenvalue weighted by molar-refractivity contribution is -0.161. The summed E-state index contributed by atoms with van der Waals surface area (Å²) >= 11 is 0. The number of aliphatic hydroxyl groups excluding tert-OH is 1. The van der Waals surface area contributed by atoms with E-state index in [4.69, 9.17) is 37.0 Å². The molecule has 0 amide bonds. The molecule has 0 aromatic heterocycles. The summed E-state index contributed by atoms with van der Waals surface area (Å²) in [4.78, 5) is 73.4. The number of phosphoric acid groups is 2. The van der Waals surface area contributed by atoms with E-state index < -0.39 is 97.5 Å². The smallest absolute Gasteiger partial charge is 0.462 e. The van der Waals surface area contributed by atoms with Crippen LogP contribution in [-0.4, -0.2) is 96.7 Å². The molecule has 654 valence electrons. The molecule has 0 aromatic rings. The minimum atomic E-state index is -4.97. The molecule has 3 N–H and O–H groups in total. The third kappa shape index (κ3) is 82.6. The number of aliphatic hydroxyl groups is 1. The van der Waals surface area contributed by atoms with Crippen LogP contribution in [0.1, 0.15) is 491 Å². The Labute approximate surface area is 677 Å². The average Bonchev–Trinajstić information content (AvgIpc) is 0.897. The minimum absolute atomic E-state index is 0.107. The molecular weight excluding hydrogens is 1430 g/mol. The number of hydrogen-bond acceptors (Lipinski definition) is 15. The lowest BCUT2D eigenvalue weighted by atomic mass is 9.99. The molecule has 0 saturated carbocycles. The third-order valence-corrected chi connectivity index (χ3v) is 23.7. The van der Waals surface area contributed by atoms with Crippen LogP contribution in [0.2, 0.25) is 0 Å². The van der Waals surface area contributed by atoms with Gasteiger partial charge in [0.2, 0.25) is 0 Å². The molecule has 6 atom stereocenters. The molecule has 110 heavy (non-hydrogen) atoms. The second kappa shape index (κ2) is 82.2.